The molecule has 0 atom stereocenters. The maximum atomic E-state index is 10.7. The number of benzene rings is 1. The third-order valence-electron chi connectivity index (χ3n) is 1.88. The number of rotatable bonds is 3. The summed E-state index contributed by atoms with van der Waals surface area (Å²) in [6.45, 7) is 3.33. The predicted octanol–water partition coefficient (Wildman–Crippen LogP) is 2.67. The molecule has 0 spiro atoms. The lowest BCUT2D eigenvalue weighted by molar-refractivity contribution is -0.385. The summed E-state index contributed by atoms with van der Waals surface area (Å²) < 4.78 is 0.442. The van der Waals surface area contributed by atoms with Crippen LogP contribution in [-0.2, 0) is 6.42 Å². The van der Waals surface area contributed by atoms with E-state index in [4.69, 9.17) is 0 Å². The van der Waals surface area contributed by atoms with Gasteiger partial charge in [0.15, 0.2) is 0 Å². The van der Waals surface area contributed by atoms with Crippen LogP contribution >= 0.6 is 15.9 Å². The zero-order valence-corrected chi connectivity index (χ0v) is 10.1. The Kier molecular flexibility index (Phi) is 3.46. The molecule has 0 saturated heterocycles. The Bertz CT molecular complexity index is 385. The molecule has 0 fully saturated rings. The lowest BCUT2D eigenvalue weighted by Crippen LogP contribution is -2.22. The molecule has 0 heterocycles. The summed E-state index contributed by atoms with van der Waals surface area (Å²) in [5, 5.41) is 20.3. The van der Waals surface area contributed by atoms with E-state index in [1.165, 1.54) is 6.07 Å². The van der Waals surface area contributed by atoms with Crippen molar-refractivity contribution in [3.05, 3.63) is 38.3 Å². The van der Waals surface area contributed by atoms with E-state index in [1.54, 1.807) is 26.0 Å². The Morgan fingerprint density at radius 3 is 2.60 bits per heavy atom. The largest absolute Gasteiger partial charge is 0.390 e. The lowest BCUT2D eigenvalue weighted by atomic mass is 9.98. The van der Waals surface area contributed by atoms with E-state index >= 15 is 0 Å². The van der Waals surface area contributed by atoms with Crippen LogP contribution in [-0.4, -0.2) is 15.6 Å². The summed E-state index contributed by atoms with van der Waals surface area (Å²) in [7, 11) is 0. The highest BCUT2D eigenvalue weighted by atomic mass is 79.9. The maximum absolute atomic E-state index is 10.7. The highest BCUT2D eigenvalue weighted by Gasteiger charge is 2.20. The van der Waals surface area contributed by atoms with Gasteiger partial charge < -0.3 is 5.11 Å². The molecule has 0 aliphatic carbocycles. The molecule has 5 heteroatoms. The van der Waals surface area contributed by atoms with Gasteiger partial charge in [-0.2, -0.15) is 0 Å². The molecule has 0 bridgehead atoms. The topological polar surface area (TPSA) is 63.4 Å². The first-order valence-corrected chi connectivity index (χ1v) is 5.25. The van der Waals surface area contributed by atoms with Crippen LogP contribution in [0.25, 0.3) is 0 Å². The van der Waals surface area contributed by atoms with Crippen LogP contribution in [0.3, 0.4) is 0 Å². The highest BCUT2D eigenvalue weighted by molar-refractivity contribution is 9.10. The minimum Gasteiger partial charge on any atom is -0.390 e. The van der Waals surface area contributed by atoms with Crippen molar-refractivity contribution in [1.82, 2.24) is 0 Å². The molecule has 0 unspecified atom stereocenters. The first-order chi connectivity index (χ1) is 6.81. The first kappa shape index (κ1) is 12.1. The summed E-state index contributed by atoms with van der Waals surface area (Å²) in [4.78, 5) is 10.2. The van der Waals surface area contributed by atoms with E-state index < -0.39 is 10.5 Å². The lowest BCUT2D eigenvalue weighted by Gasteiger charge is -2.17. The van der Waals surface area contributed by atoms with Gasteiger partial charge in [0.2, 0.25) is 0 Å². The van der Waals surface area contributed by atoms with Crippen molar-refractivity contribution < 1.29 is 10.0 Å². The minimum absolute atomic E-state index is 0.0248. The standard InChI is InChI=1S/C10H12BrNO3/c1-10(2,13)6-7-4-3-5-8(9(7)11)12(14)15/h3-5,13H,6H2,1-2H3. The Morgan fingerprint density at radius 1 is 1.53 bits per heavy atom. The Balaban J connectivity index is 3.10. The number of nitrogens with zero attached hydrogens (tertiary/aromatic N) is 1. The predicted molar refractivity (Wildman–Crippen MR) is 60.8 cm³/mol. The number of halogens is 1. The normalized spacial score (nSPS) is 11.5. The zero-order valence-electron chi connectivity index (χ0n) is 8.53. The minimum atomic E-state index is -0.877. The SMILES string of the molecule is CC(C)(O)Cc1cccc([N+](=O)[O-])c1Br. The Hall–Kier alpha value is -0.940. The van der Waals surface area contributed by atoms with Crippen LogP contribution in [0.5, 0.6) is 0 Å². The quantitative estimate of drug-likeness (QED) is 0.680. The van der Waals surface area contributed by atoms with Gasteiger partial charge in [0.1, 0.15) is 0 Å². The van der Waals surface area contributed by atoms with Crippen molar-refractivity contribution >= 4 is 21.6 Å². The van der Waals surface area contributed by atoms with Gasteiger partial charge in [0, 0.05) is 12.5 Å². The molecule has 15 heavy (non-hydrogen) atoms. The van der Waals surface area contributed by atoms with Crippen LogP contribution in [0, 0.1) is 10.1 Å². The van der Waals surface area contributed by atoms with Crippen LogP contribution < -0.4 is 0 Å². The van der Waals surface area contributed by atoms with Gasteiger partial charge in [-0.1, -0.05) is 12.1 Å². The van der Waals surface area contributed by atoms with Gasteiger partial charge in [-0.3, -0.25) is 10.1 Å². The fourth-order valence-electron chi connectivity index (χ4n) is 1.31. The van der Waals surface area contributed by atoms with Crippen molar-refractivity contribution in [1.29, 1.82) is 0 Å². The summed E-state index contributed by atoms with van der Waals surface area (Å²) in [6, 6.07) is 4.80. The number of nitro benzene ring substituents is 1. The van der Waals surface area contributed by atoms with Crippen molar-refractivity contribution in [3.63, 3.8) is 0 Å². The molecule has 0 aliphatic heterocycles. The van der Waals surface area contributed by atoms with Crippen LogP contribution in [0.4, 0.5) is 5.69 Å². The molecule has 4 nitrogen and oxygen atoms in total. The van der Waals surface area contributed by atoms with Crippen molar-refractivity contribution in [2.45, 2.75) is 25.9 Å². The average Bonchev–Trinajstić information content (AvgIpc) is 2.05. The van der Waals surface area contributed by atoms with Gasteiger partial charge in [-0.25, -0.2) is 0 Å². The van der Waals surface area contributed by atoms with Crippen LogP contribution in [0.1, 0.15) is 19.4 Å². The van der Waals surface area contributed by atoms with E-state index in [0.29, 0.717) is 10.9 Å². The van der Waals surface area contributed by atoms with Crippen LogP contribution in [0.15, 0.2) is 22.7 Å². The third kappa shape index (κ3) is 3.28. The molecular weight excluding hydrogens is 262 g/mol. The summed E-state index contributed by atoms with van der Waals surface area (Å²) >= 11 is 3.18. The fraction of sp³-hybridized carbons (Fsp3) is 0.400. The Morgan fingerprint density at radius 2 is 2.13 bits per heavy atom. The van der Waals surface area contributed by atoms with Gasteiger partial charge in [0.25, 0.3) is 5.69 Å². The van der Waals surface area contributed by atoms with Gasteiger partial charge in [0.05, 0.1) is 15.0 Å². The molecule has 1 aromatic carbocycles. The second-order valence-corrected chi connectivity index (χ2v) is 4.79. The van der Waals surface area contributed by atoms with Crippen molar-refractivity contribution in [2.75, 3.05) is 0 Å². The van der Waals surface area contributed by atoms with E-state index in [1.807, 2.05) is 0 Å². The second-order valence-electron chi connectivity index (χ2n) is 4.00. The Labute approximate surface area is 96.2 Å². The van der Waals surface area contributed by atoms with Gasteiger partial charge in [-0.05, 0) is 35.3 Å². The molecule has 0 aliphatic rings. The molecular formula is C10H12BrNO3. The van der Waals surface area contributed by atoms with Gasteiger partial charge >= 0.3 is 0 Å². The molecule has 0 radical (unpaired) electrons. The highest BCUT2D eigenvalue weighted by Crippen LogP contribution is 2.30. The molecule has 0 aromatic heterocycles. The monoisotopic (exact) mass is 273 g/mol. The number of aliphatic hydroxyl groups is 1. The maximum Gasteiger partial charge on any atom is 0.283 e. The zero-order chi connectivity index (χ0) is 11.6. The van der Waals surface area contributed by atoms with E-state index in [-0.39, 0.29) is 5.69 Å². The first-order valence-electron chi connectivity index (χ1n) is 4.45. The van der Waals surface area contributed by atoms with Gasteiger partial charge in [-0.15, -0.1) is 0 Å². The smallest absolute Gasteiger partial charge is 0.283 e. The molecule has 82 valence electrons. The fourth-order valence-corrected chi connectivity index (χ4v) is 1.86. The van der Waals surface area contributed by atoms with Crippen molar-refractivity contribution in [3.8, 4) is 0 Å². The molecule has 1 rings (SSSR count). The summed E-state index contributed by atoms with van der Waals surface area (Å²) in [6.07, 6.45) is 0.370. The van der Waals surface area contributed by atoms with E-state index in [0.717, 1.165) is 5.56 Å². The number of hydrogen-bond donors (Lipinski definition) is 1. The molecule has 1 N–H and O–H groups in total. The molecule has 1 aromatic rings. The number of nitro groups is 1. The summed E-state index contributed by atoms with van der Waals surface area (Å²) in [5.41, 5.74) is -0.119. The van der Waals surface area contributed by atoms with Crippen molar-refractivity contribution in [2.24, 2.45) is 0 Å². The summed E-state index contributed by atoms with van der Waals surface area (Å²) in [5.74, 6) is 0. The molecule has 0 amide bonds. The molecule has 0 saturated carbocycles. The van der Waals surface area contributed by atoms with E-state index in [2.05, 4.69) is 15.9 Å². The third-order valence-corrected chi connectivity index (χ3v) is 2.79. The second kappa shape index (κ2) is 4.28. The van der Waals surface area contributed by atoms with Crippen LogP contribution in [0.2, 0.25) is 0 Å². The number of hydrogen-bond acceptors (Lipinski definition) is 3. The van der Waals surface area contributed by atoms with E-state index in [9.17, 15) is 15.2 Å². The average molecular weight is 274 g/mol.